The van der Waals surface area contributed by atoms with Crippen molar-refractivity contribution in [3.8, 4) is 5.88 Å². The predicted octanol–water partition coefficient (Wildman–Crippen LogP) is 3.12. The Balaban J connectivity index is 2.09. The van der Waals surface area contributed by atoms with Gasteiger partial charge in [0.25, 0.3) is 11.7 Å². The van der Waals surface area contributed by atoms with Crippen LogP contribution in [-0.4, -0.2) is 28.2 Å². The first-order valence-electron chi connectivity index (χ1n) is 6.86. The molecule has 122 valence electrons. The number of amides is 1. The molecule has 1 N–H and O–H groups in total. The molecule has 0 aliphatic rings. The van der Waals surface area contributed by atoms with Crippen LogP contribution in [0.5, 0.6) is 5.88 Å². The fourth-order valence-corrected chi connectivity index (χ4v) is 2.42. The lowest BCUT2D eigenvalue weighted by atomic mass is 10.2. The van der Waals surface area contributed by atoms with Gasteiger partial charge in [-0.1, -0.05) is 6.07 Å². The number of alkyl halides is 2. The van der Waals surface area contributed by atoms with Crippen molar-refractivity contribution in [2.75, 3.05) is 6.61 Å². The topological polar surface area (TPSA) is 64.1 Å². The minimum atomic E-state index is -2.64. The molecular formula is C15H15F2N3O2S. The van der Waals surface area contributed by atoms with Crippen LogP contribution in [0, 0.1) is 0 Å². The molecule has 0 radical (unpaired) electrons. The van der Waals surface area contributed by atoms with Crippen LogP contribution in [0.25, 0.3) is 0 Å². The van der Waals surface area contributed by atoms with Crippen LogP contribution in [0.2, 0.25) is 0 Å². The van der Waals surface area contributed by atoms with Gasteiger partial charge in [0, 0.05) is 24.5 Å². The Morgan fingerprint density at radius 3 is 2.78 bits per heavy atom. The third kappa shape index (κ3) is 4.88. The molecule has 5 nitrogen and oxygen atoms in total. The fraction of sp³-hybridized carbons (Fsp3) is 0.267. The van der Waals surface area contributed by atoms with E-state index in [1.807, 2.05) is 6.92 Å². The largest absolute Gasteiger partial charge is 0.478 e. The Bertz CT molecular complexity index is 671. The van der Waals surface area contributed by atoms with E-state index in [0.29, 0.717) is 18.1 Å². The lowest BCUT2D eigenvalue weighted by Gasteiger charge is -2.11. The van der Waals surface area contributed by atoms with Crippen molar-refractivity contribution in [2.24, 2.45) is 0 Å². The number of nitrogens with zero attached hydrogens (tertiary/aromatic N) is 2. The summed E-state index contributed by atoms with van der Waals surface area (Å²) in [5.41, 5.74) is 0.814. The number of hydrogen-bond acceptors (Lipinski definition) is 5. The smallest absolute Gasteiger partial charge is 0.290 e. The second-order valence-electron chi connectivity index (χ2n) is 4.32. The highest BCUT2D eigenvalue weighted by Gasteiger charge is 2.17. The SMILES string of the molecule is CCOc1ncccc1CNC(=O)c1cccnc1SC(F)F. The van der Waals surface area contributed by atoms with E-state index >= 15 is 0 Å². The van der Waals surface area contributed by atoms with Crippen molar-refractivity contribution in [1.29, 1.82) is 0 Å². The Labute approximate surface area is 136 Å². The summed E-state index contributed by atoms with van der Waals surface area (Å²) < 4.78 is 30.4. The number of carbonyl (C=O) groups is 1. The lowest BCUT2D eigenvalue weighted by molar-refractivity contribution is 0.0947. The molecular weight excluding hydrogens is 324 g/mol. The summed E-state index contributed by atoms with van der Waals surface area (Å²) in [6.45, 7) is 2.46. The average molecular weight is 339 g/mol. The van der Waals surface area contributed by atoms with Crippen LogP contribution in [-0.2, 0) is 6.54 Å². The minimum Gasteiger partial charge on any atom is -0.478 e. The molecule has 0 saturated carbocycles. The zero-order valence-corrected chi connectivity index (χ0v) is 13.1. The number of rotatable bonds is 7. The van der Waals surface area contributed by atoms with Crippen LogP contribution in [0.3, 0.4) is 0 Å². The van der Waals surface area contributed by atoms with Gasteiger partial charge in [-0.25, -0.2) is 9.97 Å². The van der Waals surface area contributed by atoms with E-state index in [2.05, 4.69) is 15.3 Å². The van der Waals surface area contributed by atoms with Crippen LogP contribution in [0.15, 0.2) is 41.7 Å². The summed E-state index contributed by atoms with van der Waals surface area (Å²) in [6, 6.07) is 6.49. The number of carbonyl (C=O) groups excluding carboxylic acids is 1. The molecule has 2 aromatic heterocycles. The van der Waals surface area contributed by atoms with Gasteiger partial charge in [0.15, 0.2) is 0 Å². The number of nitrogens with one attached hydrogen (secondary N) is 1. The molecule has 1 amide bonds. The number of aromatic nitrogens is 2. The molecule has 0 aromatic carbocycles. The minimum absolute atomic E-state index is 0.00350. The van der Waals surface area contributed by atoms with Crippen molar-refractivity contribution < 1.29 is 18.3 Å². The summed E-state index contributed by atoms with van der Waals surface area (Å²) in [4.78, 5) is 20.1. The first-order chi connectivity index (χ1) is 11.1. The fourth-order valence-electron chi connectivity index (χ4n) is 1.84. The van der Waals surface area contributed by atoms with Crippen LogP contribution in [0.4, 0.5) is 8.78 Å². The van der Waals surface area contributed by atoms with Crippen LogP contribution >= 0.6 is 11.8 Å². The molecule has 0 aliphatic heterocycles. The summed E-state index contributed by atoms with van der Waals surface area (Å²) in [6.07, 6.45) is 2.96. The molecule has 8 heteroatoms. The number of hydrogen-bond donors (Lipinski definition) is 1. The molecule has 2 rings (SSSR count). The highest BCUT2D eigenvalue weighted by Crippen LogP contribution is 2.26. The molecule has 2 aromatic rings. The van der Waals surface area contributed by atoms with E-state index in [0.717, 1.165) is 0 Å². The zero-order chi connectivity index (χ0) is 16.7. The van der Waals surface area contributed by atoms with Gasteiger partial charge in [-0.15, -0.1) is 0 Å². The van der Waals surface area contributed by atoms with Crippen LogP contribution < -0.4 is 10.1 Å². The third-order valence-corrected chi connectivity index (χ3v) is 3.51. The van der Waals surface area contributed by atoms with E-state index in [9.17, 15) is 13.6 Å². The van der Waals surface area contributed by atoms with Gasteiger partial charge in [0.2, 0.25) is 5.88 Å². The molecule has 0 atom stereocenters. The predicted molar refractivity (Wildman–Crippen MR) is 82.7 cm³/mol. The first kappa shape index (κ1) is 17.1. The second-order valence-corrected chi connectivity index (χ2v) is 5.30. The summed E-state index contributed by atoms with van der Waals surface area (Å²) in [7, 11) is 0. The van der Waals surface area contributed by atoms with Crippen molar-refractivity contribution in [2.45, 2.75) is 24.3 Å². The standard InChI is InChI=1S/C15H15F2N3O2S/c1-2-22-13-10(5-3-7-18-13)9-20-12(21)11-6-4-8-19-14(11)23-15(16)17/h3-8,15H,2,9H2,1H3,(H,20,21). The van der Waals surface area contributed by atoms with E-state index in [1.54, 1.807) is 18.3 Å². The third-order valence-electron chi connectivity index (χ3n) is 2.79. The second kappa shape index (κ2) is 8.42. The van der Waals surface area contributed by atoms with Crippen molar-refractivity contribution in [1.82, 2.24) is 15.3 Å². The van der Waals surface area contributed by atoms with E-state index in [1.165, 1.54) is 18.3 Å². The molecule has 0 bridgehead atoms. The first-order valence-corrected chi connectivity index (χ1v) is 7.74. The summed E-state index contributed by atoms with van der Waals surface area (Å²) >= 11 is 0.244. The Hall–Kier alpha value is -2.22. The highest BCUT2D eigenvalue weighted by molar-refractivity contribution is 7.99. The summed E-state index contributed by atoms with van der Waals surface area (Å²) in [5.74, 6) is -2.68. The van der Waals surface area contributed by atoms with Gasteiger partial charge in [-0.05, 0) is 36.9 Å². The quantitative estimate of drug-likeness (QED) is 0.785. The molecule has 0 fully saturated rings. The average Bonchev–Trinajstić information content (AvgIpc) is 2.54. The van der Waals surface area contributed by atoms with E-state index < -0.39 is 11.7 Å². The maximum absolute atomic E-state index is 12.5. The van der Waals surface area contributed by atoms with Gasteiger partial charge in [-0.3, -0.25) is 4.79 Å². The Kier molecular flexibility index (Phi) is 6.28. The lowest BCUT2D eigenvalue weighted by Crippen LogP contribution is -2.24. The number of ether oxygens (including phenoxy) is 1. The summed E-state index contributed by atoms with van der Waals surface area (Å²) in [5, 5.41) is 2.67. The number of halogens is 2. The van der Waals surface area contributed by atoms with Crippen molar-refractivity contribution in [3.05, 3.63) is 47.8 Å². The monoisotopic (exact) mass is 339 g/mol. The molecule has 0 unspecified atom stereocenters. The van der Waals surface area contributed by atoms with Gasteiger partial charge >= 0.3 is 0 Å². The molecule has 0 spiro atoms. The Morgan fingerprint density at radius 1 is 1.30 bits per heavy atom. The van der Waals surface area contributed by atoms with Gasteiger partial charge in [0.1, 0.15) is 5.03 Å². The maximum atomic E-state index is 12.5. The molecule has 0 aliphatic carbocycles. The van der Waals surface area contributed by atoms with E-state index in [-0.39, 0.29) is 28.9 Å². The van der Waals surface area contributed by atoms with Crippen LogP contribution in [0.1, 0.15) is 22.8 Å². The van der Waals surface area contributed by atoms with E-state index in [4.69, 9.17) is 4.74 Å². The van der Waals surface area contributed by atoms with Gasteiger partial charge in [0.05, 0.1) is 12.2 Å². The zero-order valence-electron chi connectivity index (χ0n) is 12.3. The van der Waals surface area contributed by atoms with Crippen molar-refractivity contribution in [3.63, 3.8) is 0 Å². The number of pyridine rings is 2. The van der Waals surface area contributed by atoms with Crippen molar-refractivity contribution >= 4 is 17.7 Å². The highest BCUT2D eigenvalue weighted by atomic mass is 32.2. The maximum Gasteiger partial charge on any atom is 0.290 e. The molecule has 0 saturated heterocycles. The normalized spacial score (nSPS) is 10.6. The molecule has 23 heavy (non-hydrogen) atoms. The Morgan fingerprint density at radius 2 is 2.04 bits per heavy atom. The molecule has 2 heterocycles. The van der Waals surface area contributed by atoms with Gasteiger partial charge in [-0.2, -0.15) is 8.78 Å². The number of thioether (sulfide) groups is 1. The van der Waals surface area contributed by atoms with Gasteiger partial charge < -0.3 is 10.1 Å².